The molecule has 0 aliphatic carbocycles. The van der Waals surface area contributed by atoms with E-state index in [2.05, 4.69) is 18.8 Å². The maximum atomic E-state index is 11.6. The Morgan fingerprint density at radius 2 is 2.23 bits per heavy atom. The second-order valence-corrected chi connectivity index (χ2v) is 4.88. The number of hydrogen-bond donors (Lipinski definition) is 0. The van der Waals surface area contributed by atoms with Gasteiger partial charge < -0.3 is 0 Å². The molecule has 0 radical (unpaired) electrons. The van der Waals surface area contributed by atoms with Gasteiger partial charge in [-0.25, -0.2) is 0 Å². The Bertz CT molecular complexity index is 310. The fraction of sp³-hybridized carbons (Fsp3) is 0.500. The van der Waals surface area contributed by atoms with Crippen LogP contribution in [-0.2, 0) is 10.8 Å². The number of aromatic nitrogens is 1. The van der Waals surface area contributed by atoms with Gasteiger partial charge in [-0.15, -0.1) is 0 Å². The zero-order valence-corrected chi connectivity index (χ0v) is 9.10. The van der Waals surface area contributed by atoms with Crippen molar-refractivity contribution >= 4 is 10.8 Å². The molecule has 1 rings (SSSR count). The zero-order valence-electron chi connectivity index (χ0n) is 8.28. The molecule has 13 heavy (non-hydrogen) atoms. The molecule has 1 aromatic rings. The van der Waals surface area contributed by atoms with Gasteiger partial charge in [0.1, 0.15) is 0 Å². The predicted molar refractivity (Wildman–Crippen MR) is 55.3 cm³/mol. The molecular weight excluding hydrogens is 182 g/mol. The highest BCUT2D eigenvalue weighted by molar-refractivity contribution is 7.85. The number of rotatable bonds is 3. The third kappa shape index (κ3) is 2.37. The normalized spacial score (nSPS) is 13.2. The second-order valence-electron chi connectivity index (χ2n) is 3.18. The molecule has 0 N–H and O–H groups in total. The van der Waals surface area contributed by atoms with Crippen molar-refractivity contribution in [2.75, 3.05) is 5.75 Å². The first-order valence-electron chi connectivity index (χ1n) is 4.50. The SMILES string of the molecule is CCS(=O)c1cccnc1C(C)C. The van der Waals surface area contributed by atoms with E-state index in [4.69, 9.17) is 0 Å². The van der Waals surface area contributed by atoms with Gasteiger partial charge in [0, 0.05) is 11.9 Å². The predicted octanol–water partition coefficient (Wildman–Crippen LogP) is 2.33. The molecule has 72 valence electrons. The molecule has 0 aromatic carbocycles. The maximum absolute atomic E-state index is 11.6. The van der Waals surface area contributed by atoms with Gasteiger partial charge in [-0.05, 0) is 18.1 Å². The summed E-state index contributed by atoms with van der Waals surface area (Å²) in [5.41, 5.74) is 0.961. The van der Waals surface area contributed by atoms with Crippen molar-refractivity contribution in [2.45, 2.75) is 31.6 Å². The lowest BCUT2D eigenvalue weighted by Crippen LogP contribution is -2.03. The van der Waals surface area contributed by atoms with Gasteiger partial charge in [-0.1, -0.05) is 20.8 Å². The van der Waals surface area contributed by atoms with Crippen molar-refractivity contribution in [2.24, 2.45) is 0 Å². The average molecular weight is 197 g/mol. The number of pyridine rings is 1. The van der Waals surface area contributed by atoms with E-state index in [1.54, 1.807) is 6.20 Å². The first-order chi connectivity index (χ1) is 6.16. The Hall–Kier alpha value is -0.700. The van der Waals surface area contributed by atoms with Crippen LogP contribution < -0.4 is 0 Å². The Labute approximate surface area is 81.9 Å². The summed E-state index contributed by atoms with van der Waals surface area (Å²) in [5.74, 6) is 0.998. The van der Waals surface area contributed by atoms with Gasteiger partial charge in [-0.3, -0.25) is 9.19 Å². The summed E-state index contributed by atoms with van der Waals surface area (Å²) in [7, 11) is -0.885. The van der Waals surface area contributed by atoms with Crippen molar-refractivity contribution in [3.05, 3.63) is 24.0 Å². The van der Waals surface area contributed by atoms with Crippen LogP contribution in [0.1, 0.15) is 32.4 Å². The molecule has 1 aromatic heterocycles. The molecule has 0 aliphatic rings. The van der Waals surface area contributed by atoms with E-state index in [9.17, 15) is 4.21 Å². The maximum Gasteiger partial charge on any atom is 0.0606 e. The minimum absolute atomic E-state index is 0.340. The molecule has 0 saturated heterocycles. The van der Waals surface area contributed by atoms with E-state index in [1.807, 2.05) is 19.1 Å². The van der Waals surface area contributed by atoms with E-state index in [0.29, 0.717) is 11.7 Å². The third-order valence-electron chi connectivity index (χ3n) is 1.85. The summed E-state index contributed by atoms with van der Waals surface area (Å²) in [5, 5.41) is 0. The molecule has 3 heteroatoms. The van der Waals surface area contributed by atoms with E-state index in [-0.39, 0.29) is 0 Å². The Kier molecular flexibility index (Phi) is 3.60. The van der Waals surface area contributed by atoms with E-state index >= 15 is 0 Å². The lowest BCUT2D eigenvalue weighted by Gasteiger charge is -2.09. The first kappa shape index (κ1) is 10.4. The highest BCUT2D eigenvalue weighted by Gasteiger charge is 2.11. The molecule has 0 bridgehead atoms. The van der Waals surface area contributed by atoms with Crippen molar-refractivity contribution in [1.29, 1.82) is 0 Å². The largest absolute Gasteiger partial charge is 0.260 e. The first-order valence-corrected chi connectivity index (χ1v) is 5.82. The summed E-state index contributed by atoms with van der Waals surface area (Å²) in [6.07, 6.45) is 1.76. The lowest BCUT2D eigenvalue weighted by atomic mass is 10.1. The van der Waals surface area contributed by atoms with Crippen molar-refractivity contribution in [3.63, 3.8) is 0 Å². The quantitative estimate of drug-likeness (QED) is 0.744. The van der Waals surface area contributed by atoms with Gasteiger partial charge in [0.2, 0.25) is 0 Å². The second kappa shape index (κ2) is 4.51. The van der Waals surface area contributed by atoms with E-state index < -0.39 is 10.8 Å². The van der Waals surface area contributed by atoms with E-state index in [0.717, 1.165) is 10.6 Å². The van der Waals surface area contributed by atoms with Crippen LogP contribution in [0.3, 0.4) is 0 Å². The Morgan fingerprint density at radius 1 is 1.54 bits per heavy atom. The molecule has 1 unspecified atom stereocenters. The molecule has 2 nitrogen and oxygen atoms in total. The van der Waals surface area contributed by atoms with Crippen molar-refractivity contribution < 1.29 is 4.21 Å². The van der Waals surface area contributed by atoms with Crippen molar-refractivity contribution in [1.82, 2.24) is 4.98 Å². The van der Waals surface area contributed by atoms with Crippen LogP contribution in [0.25, 0.3) is 0 Å². The lowest BCUT2D eigenvalue weighted by molar-refractivity contribution is 0.679. The highest BCUT2D eigenvalue weighted by Crippen LogP contribution is 2.19. The zero-order chi connectivity index (χ0) is 9.84. The summed E-state index contributed by atoms with van der Waals surface area (Å²) >= 11 is 0. The minimum Gasteiger partial charge on any atom is -0.260 e. The molecule has 0 amide bonds. The van der Waals surface area contributed by atoms with Crippen LogP contribution in [0.2, 0.25) is 0 Å². The third-order valence-corrected chi connectivity index (χ3v) is 3.21. The summed E-state index contributed by atoms with van der Waals surface area (Å²) in [6.45, 7) is 6.06. The highest BCUT2D eigenvalue weighted by atomic mass is 32.2. The number of nitrogens with zero attached hydrogens (tertiary/aromatic N) is 1. The molecule has 0 aliphatic heterocycles. The van der Waals surface area contributed by atoms with Gasteiger partial charge in [0.25, 0.3) is 0 Å². The van der Waals surface area contributed by atoms with Gasteiger partial charge in [0.05, 0.1) is 21.4 Å². The fourth-order valence-electron chi connectivity index (χ4n) is 1.18. The van der Waals surface area contributed by atoms with Crippen LogP contribution in [0.4, 0.5) is 0 Å². The van der Waals surface area contributed by atoms with Crippen LogP contribution in [0.15, 0.2) is 23.2 Å². The topological polar surface area (TPSA) is 30.0 Å². The van der Waals surface area contributed by atoms with Gasteiger partial charge in [-0.2, -0.15) is 0 Å². The Balaban J connectivity index is 3.12. The van der Waals surface area contributed by atoms with Crippen LogP contribution >= 0.6 is 0 Å². The Morgan fingerprint density at radius 3 is 2.77 bits per heavy atom. The van der Waals surface area contributed by atoms with Crippen molar-refractivity contribution in [3.8, 4) is 0 Å². The molecule has 0 spiro atoms. The number of hydrogen-bond acceptors (Lipinski definition) is 2. The fourth-order valence-corrected chi connectivity index (χ4v) is 2.25. The van der Waals surface area contributed by atoms with Crippen LogP contribution in [0, 0.1) is 0 Å². The molecule has 0 fully saturated rings. The summed E-state index contributed by atoms with van der Waals surface area (Å²) in [6, 6.07) is 3.75. The molecule has 0 saturated carbocycles. The van der Waals surface area contributed by atoms with Gasteiger partial charge >= 0.3 is 0 Å². The smallest absolute Gasteiger partial charge is 0.0606 e. The molecule has 1 heterocycles. The minimum atomic E-state index is -0.885. The molecule has 1 atom stereocenters. The van der Waals surface area contributed by atoms with Gasteiger partial charge in [0.15, 0.2) is 0 Å². The van der Waals surface area contributed by atoms with Crippen LogP contribution in [-0.4, -0.2) is 14.9 Å². The monoisotopic (exact) mass is 197 g/mol. The summed E-state index contributed by atoms with van der Waals surface area (Å²) in [4.78, 5) is 5.14. The average Bonchev–Trinajstić information content (AvgIpc) is 2.16. The molecular formula is C10H15NOS. The van der Waals surface area contributed by atoms with Crippen LogP contribution in [0.5, 0.6) is 0 Å². The standard InChI is InChI=1S/C10H15NOS/c1-4-13(12)9-6-5-7-11-10(9)8(2)3/h5-8H,4H2,1-3H3. The summed E-state index contributed by atoms with van der Waals surface area (Å²) < 4.78 is 11.6. The van der Waals surface area contributed by atoms with E-state index in [1.165, 1.54) is 0 Å².